The summed E-state index contributed by atoms with van der Waals surface area (Å²) in [6.07, 6.45) is 7.02. The van der Waals surface area contributed by atoms with Crippen molar-refractivity contribution in [1.29, 1.82) is 0 Å². The fourth-order valence-corrected chi connectivity index (χ4v) is 1.50. The normalized spacial score (nSPS) is 11.5. The van der Waals surface area contributed by atoms with Crippen LogP contribution in [0.1, 0.15) is 11.5 Å². The van der Waals surface area contributed by atoms with Crippen LogP contribution in [0.2, 0.25) is 0 Å². The van der Waals surface area contributed by atoms with Gasteiger partial charge in [-0.25, -0.2) is 4.98 Å². The summed E-state index contributed by atoms with van der Waals surface area (Å²) in [6.45, 7) is 0. The van der Waals surface area contributed by atoms with E-state index in [1.165, 1.54) is 0 Å². The molecule has 3 nitrogen and oxygen atoms in total. The summed E-state index contributed by atoms with van der Waals surface area (Å²) in [4.78, 5) is 4.33. The number of oxazole rings is 1. The maximum Gasteiger partial charge on any atom is 0.220 e. The van der Waals surface area contributed by atoms with Crippen molar-refractivity contribution in [3.8, 4) is 0 Å². The average Bonchev–Trinajstić information content (AvgIpc) is 2.95. The van der Waals surface area contributed by atoms with Gasteiger partial charge in [-0.3, -0.25) is 0 Å². The van der Waals surface area contributed by atoms with Crippen LogP contribution in [-0.2, 0) is 0 Å². The molecule has 0 aliphatic rings. The van der Waals surface area contributed by atoms with Crippen molar-refractivity contribution in [2.45, 2.75) is 0 Å². The van der Waals surface area contributed by atoms with Gasteiger partial charge < -0.3 is 8.83 Å². The van der Waals surface area contributed by atoms with Crippen molar-refractivity contribution < 1.29 is 8.83 Å². The van der Waals surface area contributed by atoms with E-state index in [-0.39, 0.29) is 0 Å². The Hall–Kier alpha value is -2.29. The Labute approximate surface area is 92.0 Å². The Morgan fingerprint density at radius 2 is 2.00 bits per heavy atom. The van der Waals surface area contributed by atoms with E-state index in [1.807, 2.05) is 42.5 Å². The lowest BCUT2D eigenvalue weighted by Crippen LogP contribution is -1.68. The SMILES string of the molecule is C(=C\c1nc2ccccc2o1)/c1ccoc1. The molecule has 0 N–H and O–H groups in total. The third-order valence-electron chi connectivity index (χ3n) is 2.27. The molecule has 1 aromatic carbocycles. The highest BCUT2D eigenvalue weighted by Crippen LogP contribution is 2.16. The number of aromatic nitrogens is 1. The van der Waals surface area contributed by atoms with Crippen LogP contribution in [0.3, 0.4) is 0 Å². The van der Waals surface area contributed by atoms with Crippen LogP contribution in [0.4, 0.5) is 0 Å². The standard InChI is InChI=1S/C13H9NO2/c1-2-4-12-11(3-1)14-13(16-12)6-5-10-7-8-15-9-10/h1-9H/b6-5+. The molecule has 2 heterocycles. The van der Waals surface area contributed by atoms with Crippen LogP contribution < -0.4 is 0 Å². The maximum atomic E-state index is 5.54. The molecule has 3 aromatic rings. The highest BCUT2D eigenvalue weighted by atomic mass is 16.3. The highest BCUT2D eigenvalue weighted by Gasteiger charge is 2.00. The molecule has 2 aromatic heterocycles. The van der Waals surface area contributed by atoms with Crippen LogP contribution in [0.15, 0.2) is 51.7 Å². The van der Waals surface area contributed by atoms with Gasteiger partial charge in [-0.15, -0.1) is 0 Å². The number of hydrogen-bond donors (Lipinski definition) is 0. The van der Waals surface area contributed by atoms with Gasteiger partial charge in [0.25, 0.3) is 0 Å². The second kappa shape index (κ2) is 3.70. The molecule has 0 unspecified atom stereocenters. The molecule has 0 aliphatic heterocycles. The van der Waals surface area contributed by atoms with Gasteiger partial charge in [0.05, 0.1) is 12.5 Å². The molecule has 0 amide bonds. The molecular weight excluding hydrogens is 202 g/mol. The molecule has 0 saturated heterocycles. The number of furan rings is 1. The van der Waals surface area contributed by atoms with Crippen LogP contribution in [-0.4, -0.2) is 4.98 Å². The first-order chi connectivity index (χ1) is 7.92. The molecule has 3 rings (SSSR count). The maximum absolute atomic E-state index is 5.54. The van der Waals surface area contributed by atoms with E-state index < -0.39 is 0 Å². The summed E-state index contributed by atoms with van der Waals surface area (Å²) >= 11 is 0. The molecule has 0 atom stereocenters. The predicted molar refractivity (Wildman–Crippen MR) is 61.6 cm³/mol. The molecule has 0 fully saturated rings. The van der Waals surface area contributed by atoms with Crippen molar-refractivity contribution in [3.63, 3.8) is 0 Å². The minimum Gasteiger partial charge on any atom is -0.472 e. The van der Waals surface area contributed by atoms with E-state index in [2.05, 4.69) is 4.98 Å². The van der Waals surface area contributed by atoms with E-state index in [0.29, 0.717) is 5.89 Å². The molecule has 0 aliphatic carbocycles. The van der Waals surface area contributed by atoms with Crippen molar-refractivity contribution in [2.75, 3.05) is 0 Å². The zero-order valence-electron chi connectivity index (χ0n) is 8.46. The van der Waals surface area contributed by atoms with Crippen LogP contribution in [0, 0.1) is 0 Å². The van der Waals surface area contributed by atoms with Gasteiger partial charge in [0.15, 0.2) is 5.58 Å². The van der Waals surface area contributed by atoms with Crippen molar-refractivity contribution in [3.05, 3.63) is 54.3 Å². The second-order valence-corrected chi connectivity index (χ2v) is 3.41. The van der Waals surface area contributed by atoms with Gasteiger partial charge in [-0.2, -0.15) is 0 Å². The van der Waals surface area contributed by atoms with E-state index in [1.54, 1.807) is 12.5 Å². The second-order valence-electron chi connectivity index (χ2n) is 3.41. The Bertz CT molecular complexity index is 587. The Balaban J connectivity index is 1.95. The third-order valence-corrected chi connectivity index (χ3v) is 2.27. The Kier molecular flexibility index (Phi) is 2.07. The number of nitrogens with zero attached hydrogens (tertiary/aromatic N) is 1. The van der Waals surface area contributed by atoms with Crippen LogP contribution in [0.5, 0.6) is 0 Å². The summed E-state index contributed by atoms with van der Waals surface area (Å²) in [7, 11) is 0. The molecule has 0 radical (unpaired) electrons. The number of para-hydroxylation sites is 2. The minimum atomic E-state index is 0.599. The zero-order chi connectivity index (χ0) is 10.8. The van der Waals surface area contributed by atoms with E-state index in [4.69, 9.17) is 8.83 Å². The molecule has 78 valence electrons. The molecule has 3 heteroatoms. The number of benzene rings is 1. The summed E-state index contributed by atoms with van der Waals surface area (Å²) < 4.78 is 10.5. The highest BCUT2D eigenvalue weighted by molar-refractivity contribution is 5.75. The quantitative estimate of drug-likeness (QED) is 0.650. The first-order valence-electron chi connectivity index (χ1n) is 4.98. The summed E-state index contributed by atoms with van der Waals surface area (Å²) in [5.41, 5.74) is 2.66. The lowest BCUT2D eigenvalue weighted by molar-refractivity contribution is 0.567. The lowest BCUT2D eigenvalue weighted by Gasteiger charge is -1.81. The Morgan fingerprint density at radius 1 is 1.06 bits per heavy atom. The van der Waals surface area contributed by atoms with Gasteiger partial charge in [-0.05, 0) is 24.3 Å². The smallest absolute Gasteiger partial charge is 0.220 e. The number of fused-ring (bicyclic) bond motifs is 1. The van der Waals surface area contributed by atoms with Gasteiger partial charge in [-0.1, -0.05) is 12.1 Å². The van der Waals surface area contributed by atoms with Crippen molar-refractivity contribution >= 4 is 23.3 Å². The number of hydrogen-bond acceptors (Lipinski definition) is 3. The summed E-state index contributed by atoms with van der Waals surface area (Å²) in [6, 6.07) is 9.57. The molecule has 0 bridgehead atoms. The fourth-order valence-electron chi connectivity index (χ4n) is 1.50. The third kappa shape index (κ3) is 1.63. The minimum absolute atomic E-state index is 0.599. The van der Waals surface area contributed by atoms with Crippen molar-refractivity contribution in [1.82, 2.24) is 4.98 Å². The molecule has 16 heavy (non-hydrogen) atoms. The van der Waals surface area contributed by atoms with Gasteiger partial charge in [0, 0.05) is 11.6 Å². The Morgan fingerprint density at radius 3 is 2.81 bits per heavy atom. The molecular formula is C13H9NO2. The summed E-state index contributed by atoms with van der Waals surface area (Å²) in [5, 5.41) is 0. The molecule has 0 spiro atoms. The first kappa shape index (κ1) is 8.97. The predicted octanol–water partition coefficient (Wildman–Crippen LogP) is 3.59. The van der Waals surface area contributed by atoms with Crippen molar-refractivity contribution in [2.24, 2.45) is 0 Å². The van der Waals surface area contributed by atoms with Gasteiger partial charge in [0.2, 0.25) is 5.89 Å². The summed E-state index contributed by atoms with van der Waals surface area (Å²) in [5.74, 6) is 0.599. The number of rotatable bonds is 2. The average molecular weight is 211 g/mol. The topological polar surface area (TPSA) is 39.2 Å². The van der Waals surface area contributed by atoms with E-state index >= 15 is 0 Å². The fraction of sp³-hybridized carbons (Fsp3) is 0. The van der Waals surface area contributed by atoms with E-state index in [0.717, 1.165) is 16.7 Å². The lowest BCUT2D eigenvalue weighted by atomic mass is 10.3. The van der Waals surface area contributed by atoms with Gasteiger partial charge in [0.1, 0.15) is 5.52 Å². The van der Waals surface area contributed by atoms with E-state index in [9.17, 15) is 0 Å². The van der Waals surface area contributed by atoms with Crippen LogP contribution >= 0.6 is 0 Å². The monoisotopic (exact) mass is 211 g/mol. The first-order valence-corrected chi connectivity index (χ1v) is 4.98. The largest absolute Gasteiger partial charge is 0.472 e. The zero-order valence-corrected chi connectivity index (χ0v) is 8.46. The van der Waals surface area contributed by atoms with Crippen LogP contribution in [0.25, 0.3) is 23.3 Å². The molecule has 0 saturated carbocycles. The van der Waals surface area contributed by atoms with Gasteiger partial charge >= 0.3 is 0 Å².